The maximum absolute atomic E-state index is 12.5. The highest BCUT2D eigenvalue weighted by atomic mass is 79.9. The molecule has 0 saturated heterocycles. The Hall–Kier alpha value is -1.46. The molecular weight excluding hydrogens is 283 g/mol. The largest absolute Gasteiger partial charge is 0.417 e. The minimum absolute atomic E-state index is 0.00256. The molecule has 1 aromatic carbocycles. The second kappa shape index (κ2) is 5.05. The molecule has 0 fully saturated rings. The second-order valence-electron chi connectivity index (χ2n) is 2.83. The third-order valence-corrected chi connectivity index (χ3v) is 2.36. The lowest BCUT2D eigenvalue weighted by Crippen LogP contribution is -2.06. The van der Waals surface area contributed by atoms with E-state index in [4.69, 9.17) is 5.26 Å². The monoisotopic (exact) mass is 287 g/mol. The zero-order chi connectivity index (χ0) is 12.2. The molecule has 5 heteroatoms. The van der Waals surface area contributed by atoms with Gasteiger partial charge < -0.3 is 0 Å². The zero-order valence-electron chi connectivity index (χ0n) is 7.90. The summed E-state index contributed by atoms with van der Waals surface area (Å²) in [5.74, 6) is 4.95. The van der Waals surface area contributed by atoms with Crippen LogP contribution in [0.25, 0.3) is 0 Å². The Morgan fingerprint density at radius 2 is 2.00 bits per heavy atom. The average Bonchev–Trinajstić information content (AvgIpc) is 2.19. The predicted octanol–water partition coefficient (Wildman–Crippen LogP) is 3.73. The molecule has 0 aliphatic carbocycles. The van der Waals surface area contributed by atoms with Crippen LogP contribution in [-0.2, 0) is 6.18 Å². The number of hydrogen-bond donors (Lipinski definition) is 0. The molecule has 0 aliphatic rings. The summed E-state index contributed by atoms with van der Waals surface area (Å²) in [5.41, 5.74) is -0.526. The SMILES string of the molecule is N#CCC#Cc1ccc(Br)c(C(F)(F)F)c1. The van der Waals surface area contributed by atoms with Crippen molar-refractivity contribution in [3.05, 3.63) is 33.8 Å². The van der Waals surface area contributed by atoms with Gasteiger partial charge in [0.05, 0.1) is 18.1 Å². The summed E-state index contributed by atoms with van der Waals surface area (Å²) in [5, 5.41) is 8.23. The highest BCUT2D eigenvalue weighted by Crippen LogP contribution is 2.35. The van der Waals surface area contributed by atoms with E-state index in [1.165, 1.54) is 12.1 Å². The van der Waals surface area contributed by atoms with Gasteiger partial charge in [0.1, 0.15) is 0 Å². The fraction of sp³-hybridized carbons (Fsp3) is 0.182. The molecule has 16 heavy (non-hydrogen) atoms. The second-order valence-corrected chi connectivity index (χ2v) is 3.68. The van der Waals surface area contributed by atoms with Crippen molar-refractivity contribution in [1.29, 1.82) is 5.26 Å². The molecule has 0 unspecified atom stereocenters. The first kappa shape index (κ1) is 12.6. The molecule has 0 aromatic heterocycles. The van der Waals surface area contributed by atoms with Crippen LogP contribution in [0.1, 0.15) is 17.5 Å². The molecule has 0 N–H and O–H groups in total. The molecule has 0 bridgehead atoms. The fourth-order valence-corrected chi connectivity index (χ4v) is 1.48. The van der Waals surface area contributed by atoms with Crippen molar-refractivity contribution in [3.63, 3.8) is 0 Å². The summed E-state index contributed by atoms with van der Waals surface area (Å²) in [6.07, 6.45) is -4.41. The normalized spacial score (nSPS) is 10.2. The first-order valence-corrected chi connectivity index (χ1v) is 4.97. The maximum Gasteiger partial charge on any atom is 0.417 e. The number of nitrogens with zero attached hydrogens (tertiary/aromatic N) is 1. The van der Waals surface area contributed by atoms with Gasteiger partial charge in [-0.05, 0) is 18.2 Å². The molecule has 0 heterocycles. The van der Waals surface area contributed by atoms with Crippen molar-refractivity contribution >= 4 is 15.9 Å². The first-order chi connectivity index (χ1) is 7.45. The topological polar surface area (TPSA) is 23.8 Å². The van der Waals surface area contributed by atoms with Crippen molar-refractivity contribution in [2.45, 2.75) is 12.6 Å². The van der Waals surface area contributed by atoms with E-state index in [1.54, 1.807) is 6.07 Å². The molecular formula is C11H5BrF3N. The minimum atomic E-state index is -4.41. The van der Waals surface area contributed by atoms with Crippen LogP contribution in [0.5, 0.6) is 0 Å². The summed E-state index contributed by atoms with van der Waals surface area (Å²) in [4.78, 5) is 0. The molecule has 0 aliphatic heterocycles. The molecule has 0 atom stereocenters. The summed E-state index contributed by atoms with van der Waals surface area (Å²) in [7, 11) is 0. The third kappa shape index (κ3) is 3.29. The third-order valence-electron chi connectivity index (χ3n) is 1.67. The minimum Gasteiger partial charge on any atom is -0.197 e. The van der Waals surface area contributed by atoms with E-state index in [0.717, 1.165) is 6.07 Å². The van der Waals surface area contributed by atoms with Gasteiger partial charge in [-0.25, -0.2) is 0 Å². The lowest BCUT2D eigenvalue weighted by atomic mass is 10.1. The van der Waals surface area contributed by atoms with Crippen molar-refractivity contribution in [1.82, 2.24) is 0 Å². The van der Waals surface area contributed by atoms with Crippen LogP contribution in [-0.4, -0.2) is 0 Å². The number of alkyl halides is 3. The highest BCUT2D eigenvalue weighted by Gasteiger charge is 2.32. The maximum atomic E-state index is 12.5. The van der Waals surface area contributed by atoms with E-state index in [-0.39, 0.29) is 16.5 Å². The van der Waals surface area contributed by atoms with E-state index < -0.39 is 11.7 Å². The summed E-state index contributed by atoms with van der Waals surface area (Å²) < 4.78 is 37.4. The van der Waals surface area contributed by atoms with Crippen molar-refractivity contribution in [2.75, 3.05) is 0 Å². The van der Waals surface area contributed by atoms with Crippen LogP contribution < -0.4 is 0 Å². The van der Waals surface area contributed by atoms with Crippen molar-refractivity contribution in [3.8, 4) is 17.9 Å². The van der Waals surface area contributed by atoms with E-state index in [0.29, 0.717) is 0 Å². The lowest BCUT2D eigenvalue weighted by molar-refractivity contribution is -0.138. The highest BCUT2D eigenvalue weighted by molar-refractivity contribution is 9.10. The standard InChI is InChI=1S/C11H5BrF3N/c12-10-5-4-8(3-1-2-6-16)7-9(10)11(13,14)15/h4-5,7H,2H2. The van der Waals surface area contributed by atoms with Gasteiger partial charge in [0.2, 0.25) is 0 Å². The Labute approximate surface area is 99.0 Å². The quantitative estimate of drug-likeness (QED) is 0.667. The number of rotatable bonds is 0. The predicted molar refractivity (Wildman–Crippen MR) is 56.3 cm³/mol. The van der Waals surface area contributed by atoms with Gasteiger partial charge in [0, 0.05) is 10.0 Å². The Bertz CT molecular complexity index is 489. The van der Waals surface area contributed by atoms with Crippen LogP contribution in [0.4, 0.5) is 13.2 Å². The molecule has 1 rings (SSSR count). The van der Waals surface area contributed by atoms with Gasteiger partial charge in [-0.2, -0.15) is 18.4 Å². The smallest absolute Gasteiger partial charge is 0.197 e. The molecule has 1 nitrogen and oxygen atoms in total. The zero-order valence-corrected chi connectivity index (χ0v) is 9.48. The Kier molecular flexibility index (Phi) is 3.98. The number of halogens is 4. The van der Waals surface area contributed by atoms with Gasteiger partial charge >= 0.3 is 6.18 Å². The van der Waals surface area contributed by atoms with Gasteiger partial charge in [-0.15, -0.1) is 0 Å². The van der Waals surface area contributed by atoms with Gasteiger partial charge in [0.25, 0.3) is 0 Å². The van der Waals surface area contributed by atoms with Crippen molar-refractivity contribution in [2.24, 2.45) is 0 Å². The summed E-state index contributed by atoms with van der Waals surface area (Å²) >= 11 is 2.83. The fourth-order valence-electron chi connectivity index (χ4n) is 1.01. The van der Waals surface area contributed by atoms with Crippen molar-refractivity contribution < 1.29 is 13.2 Å². The first-order valence-electron chi connectivity index (χ1n) is 4.17. The van der Waals surface area contributed by atoms with Crippen LogP contribution in [0.2, 0.25) is 0 Å². The molecule has 0 radical (unpaired) electrons. The van der Waals surface area contributed by atoms with E-state index in [1.807, 2.05) is 0 Å². The van der Waals surface area contributed by atoms with E-state index in [2.05, 4.69) is 27.8 Å². The van der Waals surface area contributed by atoms with E-state index >= 15 is 0 Å². The molecule has 0 saturated carbocycles. The Morgan fingerprint density at radius 3 is 2.56 bits per heavy atom. The number of hydrogen-bond acceptors (Lipinski definition) is 1. The van der Waals surface area contributed by atoms with Gasteiger partial charge in [-0.1, -0.05) is 27.8 Å². The van der Waals surface area contributed by atoms with Gasteiger partial charge in [-0.3, -0.25) is 0 Å². The average molecular weight is 288 g/mol. The molecule has 0 amide bonds. The number of benzene rings is 1. The molecule has 1 aromatic rings. The summed E-state index contributed by atoms with van der Waals surface area (Å²) in [6.45, 7) is 0. The van der Waals surface area contributed by atoms with Crippen LogP contribution in [0.15, 0.2) is 22.7 Å². The van der Waals surface area contributed by atoms with E-state index in [9.17, 15) is 13.2 Å². The molecule has 0 spiro atoms. The van der Waals surface area contributed by atoms with Gasteiger partial charge in [0.15, 0.2) is 0 Å². The van der Waals surface area contributed by atoms with Crippen LogP contribution in [0.3, 0.4) is 0 Å². The summed E-state index contributed by atoms with van der Waals surface area (Å²) in [6, 6.07) is 5.49. The van der Waals surface area contributed by atoms with Crippen LogP contribution in [0, 0.1) is 23.2 Å². The molecule has 82 valence electrons. The number of nitriles is 1. The Balaban J connectivity index is 3.11. The Morgan fingerprint density at radius 1 is 1.31 bits per heavy atom. The van der Waals surface area contributed by atoms with Crippen LogP contribution >= 0.6 is 15.9 Å². The lowest BCUT2D eigenvalue weighted by Gasteiger charge is -2.08.